The van der Waals surface area contributed by atoms with Crippen LogP contribution in [0.5, 0.6) is 5.75 Å². The number of aromatic nitrogens is 2. The van der Waals surface area contributed by atoms with Crippen molar-refractivity contribution >= 4 is 28.1 Å². The van der Waals surface area contributed by atoms with E-state index in [1.165, 1.54) is 49.6 Å². The second-order valence-corrected chi connectivity index (χ2v) is 7.93. The fraction of sp³-hybridized carbons (Fsp3) is 0.348. The van der Waals surface area contributed by atoms with Crippen molar-refractivity contribution in [3.05, 3.63) is 53.7 Å². The molecule has 0 aliphatic carbocycles. The minimum atomic E-state index is -1.00. The SMILES string of the molecule is CCCCCCCCOc1ccc(Nc2nc(-c3cncc(C(=O)O)c3)cs2)cc1. The molecule has 2 aromatic heterocycles. The van der Waals surface area contributed by atoms with Gasteiger partial charge in [0.25, 0.3) is 0 Å². The maximum atomic E-state index is 11.1. The molecule has 0 unspecified atom stereocenters. The monoisotopic (exact) mass is 425 g/mol. The van der Waals surface area contributed by atoms with Crippen LogP contribution >= 0.6 is 11.3 Å². The first-order valence-electron chi connectivity index (χ1n) is 10.3. The number of carbonyl (C=O) groups is 1. The molecule has 7 heteroatoms. The molecule has 0 saturated carbocycles. The Hall–Kier alpha value is -2.93. The van der Waals surface area contributed by atoms with E-state index in [0.29, 0.717) is 11.3 Å². The van der Waals surface area contributed by atoms with Crippen LogP contribution in [0.4, 0.5) is 10.8 Å². The van der Waals surface area contributed by atoms with Crippen molar-refractivity contribution in [2.24, 2.45) is 0 Å². The highest BCUT2D eigenvalue weighted by molar-refractivity contribution is 7.14. The molecule has 2 N–H and O–H groups in total. The second kappa shape index (κ2) is 11.3. The lowest BCUT2D eigenvalue weighted by atomic mass is 10.1. The molecule has 0 bridgehead atoms. The molecule has 2 heterocycles. The van der Waals surface area contributed by atoms with E-state index < -0.39 is 5.97 Å². The maximum Gasteiger partial charge on any atom is 0.337 e. The quantitative estimate of drug-likeness (QED) is 0.327. The van der Waals surface area contributed by atoms with Gasteiger partial charge in [0.15, 0.2) is 5.13 Å². The number of anilines is 2. The largest absolute Gasteiger partial charge is 0.494 e. The summed E-state index contributed by atoms with van der Waals surface area (Å²) in [6.07, 6.45) is 10.4. The number of hydrogen-bond donors (Lipinski definition) is 2. The Morgan fingerprint density at radius 3 is 2.63 bits per heavy atom. The number of ether oxygens (including phenoxy) is 1. The van der Waals surface area contributed by atoms with E-state index in [9.17, 15) is 4.79 Å². The Balaban J connectivity index is 1.49. The lowest BCUT2D eigenvalue weighted by molar-refractivity contribution is 0.0696. The summed E-state index contributed by atoms with van der Waals surface area (Å²) in [5.41, 5.74) is 2.43. The smallest absolute Gasteiger partial charge is 0.337 e. The van der Waals surface area contributed by atoms with E-state index in [1.54, 1.807) is 12.3 Å². The van der Waals surface area contributed by atoms with Gasteiger partial charge in [0.2, 0.25) is 0 Å². The normalized spacial score (nSPS) is 10.7. The molecular formula is C23H27N3O3S. The van der Waals surface area contributed by atoms with E-state index in [-0.39, 0.29) is 5.56 Å². The zero-order valence-corrected chi connectivity index (χ0v) is 18.0. The molecule has 0 atom stereocenters. The van der Waals surface area contributed by atoms with E-state index in [1.807, 2.05) is 29.6 Å². The Labute approximate surface area is 181 Å². The van der Waals surface area contributed by atoms with Crippen LogP contribution in [0.15, 0.2) is 48.1 Å². The molecule has 30 heavy (non-hydrogen) atoms. The number of benzene rings is 1. The zero-order valence-electron chi connectivity index (χ0n) is 17.1. The third-order valence-corrected chi connectivity index (χ3v) is 5.42. The number of carboxylic acid groups (broad SMARTS) is 1. The fourth-order valence-corrected chi connectivity index (χ4v) is 3.73. The van der Waals surface area contributed by atoms with E-state index >= 15 is 0 Å². The van der Waals surface area contributed by atoms with E-state index in [2.05, 4.69) is 22.2 Å². The standard InChI is InChI=1S/C23H27N3O3S/c1-2-3-4-5-6-7-12-29-20-10-8-19(9-11-20)25-23-26-21(16-30-23)17-13-18(22(27)28)15-24-14-17/h8-11,13-16H,2-7,12H2,1H3,(H,25,26)(H,27,28). The van der Waals surface area contributed by atoms with Crippen LogP contribution in [0.2, 0.25) is 0 Å². The van der Waals surface area contributed by atoms with Gasteiger partial charge in [-0.15, -0.1) is 11.3 Å². The molecule has 158 valence electrons. The number of thiazole rings is 1. The van der Waals surface area contributed by atoms with Gasteiger partial charge in [0.05, 0.1) is 17.9 Å². The first-order chi connectivity index (χ1) is 14.7. The molecule has 0 spiro atoms. The minimum Gasteiger partial charge on any atom is -0.494 e. The van der Waals surface area contributed by atoms with Crippen LogP contribution in [0, 0.1) is 0 Å². The molecular weight excluding hydrogens is 398 g/mol. The Morgan fingerprint density at radius 1 is 1.10 bits per heavy atom. The average molecular weight is 426 g/mol. The molecule has 6 nitrogen and oxygen atoms in total. The van der Waals surface area contributed by atoms with Gasteiger partial charge in [0, 0.05) is 29.0 Å². The number of pyridine rings is 1. The number of nitrogens with zero attached hydrogens (tertiary/aromatic N) is 2. The predicted molar refractivity (Wildman–Crippen MR) is 121 cm³/mol. The molecule has 0 amide bonds. The van der Waals surface area contributed by atoms with Gasteiger partial charge in [-0.2, -0.15) is 0 Å². The molecule has 0 radical (unpaired) electrons. The highest BCUT2D eigenvalue weighted by Crippen LogP contribution is 2.28. The lowest BCUT2D eigenvalue weighted by Crippen LogP contribution is -1.98. The second-order valence-electron chi connectivity index (χ2n) is 7.07. The summed E-state index contributed by atoms with van der Waals surface area (Å²) in [5, 5.41) is 15.0. The summed E-state index contributed by atoms with van der Waals surface area (Å²) in [6.45, 7) is 2.98. The van der Waals surface area contributed by atoms with Gasteiger partial charge in [-0.1, -0.05) is 39.0 Å². The number of hydrogen-bond acceptors (Lipinski definition) is 6. The highest BCUT2D eigenvalue weighted by Gasteiger charge is 2.09. The average Bonchev–Trinajstić information content (AvgIpc) is 3.23. The topological polar surface area (TPSA) is 84.3 Å². The van der Waals surface area contributed by atoms with Gasteiger partial charge < -0.3 is 15.2 Å². The van der Waals surface area contributed by atoms with Crippen LogP contribution in [0.3, 0.4) is 0 Å². The molecule has 1 aromatic carbocycles. The highest BCUT2D eigenvalue weighted by atomic mass is 32.1. The number of nitrogens with one attached hydrogen (secondary N) is 1. The summed E-state index contributed by atoms with van der Waals surface area (Å²) >= 11 is 1.45. The lowest BCUT2D eigenvalue weighted by Gasteiger charge is -2.08. The predicted octanol–water partition coefficient (Wildman–Crippen LogP) is 6.39. The first-order valence-corrected chi connectivity index (χ1v) is 11.2. The number of aromatic carboxylic acids is 1. The summed E-state index contributed by atoms with van der Waals surface area (Å²) in [4.78, 5) is 19.6. The molecule has 3 aromatic rings. The van der Waals surface area contributed by atoms with Crippen LogP contribution in [0.25, 0.3) is 11.3 Å². The van der Waals surface area contributed by atoms with Gasteiger partial charge in [0.1, 0.15) is 5.75 Å². The van der Waals surface area contributed by atoms with Crippen LogP contribution < -0.4 is 10.1 Å². The number of carboxylic acids is 1. The fourth-order valence-electron chi connectivity index (χ4n) is 2.99. The Bertz CT molecular complexity index is 941. The minimum absolute atomic E-state index is 0.145. The molecule has 0 aliphatic rings. The van der Waals surface area contributed by atoms with Crippen LogP contribution in [-0.4, -0.2) is 27.7 Å². The number of unbranched alkanes of at least 4 members (excludes halogenated alkanes) is 5. The van der Waals surface area contributed by atoms with Crippen molar-refractivity contribution in [3.63, 3.8) is 0 Å². The molecule has 0 aliphatic heterocycles. The van der Waals surface area contributed by atoms with Gasteiger partial charge in [-0.25, -0.2) is 9.78 Å². The van der Waals surface area contributed by atoms with Crippen molar-refractivity contribution in [2.45, 2.75) is 45.4 Å². The Morgan fingerprint density at radius 2 is 1.87 bits per heavy atom. The summed E-state index contributed by atoms with van der Waals surface area (Å²) in [6, 6.07) is 9.40. The van der Waals surface area contributed by atoms with E-state index in [4.69, 9.17) is 9.84 Å². The van der Waals surface area contributed by atoms with Crippen LogP contribution in [0.1, 0.15) is 55.8 Å². The van der Waals surface area contributed by atoms with Gasteiger partial charge in [-0.05, 0) is 36.8 Å². The van der Waals surface area contributed by atoms with E-state index in [0.717, 1.165) is 29.6 Å². The third kappa shape index (κ3) is 6.56. The molecule has 0 fully saturated rings. The molecule has 3 rings (SSSR count). The van der Waals surface area contributed by atoms with Crippen molar-refractivity contribution < 1.29 is 14.6 Å². The van der Waals surface area contributed by atoms with Crippen molar-refractivity contribution in [1.82, 2.24) is 9.97 Å². The molecule has 0 saturated heterocycles. The number of rotatable bonds is 12. The summed E-state index contributed by atoms with van der Waals surface area (Å²) < 4.78 is 5.81. The summed E-state index contributed by atoms with van der Waals surface area (Å²) in [7, 11) is 0. The van der Waals surface area contributed by atoms with Crippen molar-refractivity contribution in [2.75, 3.05) is 11.9 Å². The maximum absolute atomic E-state index is 11.1. The van der Waals surface area contributed by atoms with Crippen molar-refractivity contribution in [3.8, 4) is 17.0 Å². The third-order valence-electron chi connectivity index (χ3n) is 4.66. The van der Waals surface area contributed by atoms with Gasteiger partial charge >= 0.3 is 5.97 Å². The summed E-state index contributed by atoms with van der Waals surface area (Å²) in [5.74, 6) is -0.137. The first kappa shape index (κ1) is 21.8. The zero-order chi connectivity index (χ0) is 21.2. The van der Waals surface area contributed by atoms with Gasteiger partial charge in [-0.3, -0.25) is 4.98 Å². The van der Waals surface area contributed by atoms with Crippen LogP contribution in [-0.2, 0) is 0 Å². The Kier molecular flexibility index (Phi) is 8.20. The van der Waals surface area contributed by atoms with Crippen molar-refractivity contribution in [1.29, 1.82) is 0 Å².